The molecular formula is C18H16ClNO2. The maximum atomic E-state index is 12.9. The van der Waals surface area contributed by atoms with Gasteiger partial charge in [-0.3, -0.25) is 9.59 Å². The van der Waals surface area contributed by atoms with Crippen LogP contribution in [0, 0.1) is 42.4 Å². The van der Waals surface area contributed by atoms with Gasteiger partial charge in [-0.2, -0.15) is 0 Å². The van der Waals surface area contributed by atoms with Crippen LogP contribution in [0.4, 0.5) is 5.69 Å². The van der Waals surface area contributed by atoms with Crippen molar-refractivity contribution in [3.8, 4) is 0 Å². The van der Waals surface area contributed by atoms with Gasteiger partial charge in [0.2, 0.25) is 11.8 Å². The van der Waals surface area contributed by atoms with Crippen LogP contribution in [-0.2, 0) is 9.59 Å². The molecule has 1 aliphatic heterocycles. The average molecular weight is 314 g/mol. The summed E-state index contributed by atoms with van der Waals surface area (Å²) in [6, 6.07) is 5.43. The quantitative estimate of drug-likeness (QED) is 0.590. The molecule has 4 aliphatic carbocycles. The summed E-state index contributed by atoms with van der Waals surface area (Å²) in [5.74, 6) is 1.45. The Labute approximate surface area is 133 Å². The third-order valence-electron chi connectivity index (χ3n) is 6.08. The molecule has 2 bridgehead atoms. The first-order valence-electron chi connectivity index (χ1n) is 7.90. The van der Waals surface area contributed by atoms with Crippen LogP contribution in [0.5, 0.6) is 0 Å². The van der Waals surface area contributed by atoms with Gasteiger partial charge in [0.05, 0.1) is 17.5 Å². The van der Waals surface area contributed by atoms with Gasteiger partial charge in [0.15, 0.2) is 0 Å². The zero-order valence-corrected chi connectivity index (χ0v) is 13.0. The van der Waals surface area contributed by atoms with E-state index < -0.39 is 0 Å². The Balaban J connectivity index is 1.58. The molecular weight excluding hydrogens is 298 g/mol. The van der Waals surface area contributed by atoms with Crippen molar-refractivity contribution >= 4 is 29.1 Å². The van der Waals surface area contributed by atoms with E-state index in [1.54, 1.807) is 6.07 Å². The highest BCUT2D eigenvalue weighted by Crippen LogP contribution is 2.65. The fourth-order valence-corrected chi connectivity index (χ4v) is 5.11. The third kappa shape index (κ3) is 1.43. The Kier molecular flexibility index (Phi) is 2.35. The Morgan fingerprint density at radius 1 is 1.05 bits per heavy atom. The van der Waals surface area contributed by atoms with Crippen LogP contribution in [0.2, 0.25) is 5.02 Å². The van der Waals surface area contributed by atoms with E-state index in [0.717, 1.165) is 5.56 Å². The van der Waals surface area contributed by atoms with Crippen molar-refractivity contribution in [3.63, 3.8) is 0 Å². The van der Waals surface area contributed by atoms with Crippen molar-refractivity contribution in [2.24, 2.45) is 35.5 Å². The number of hydrogen-bond donors (Lipinski definition) is 0. The summed E-state index contributed by atoms with van der Waals surface area (Å²) in [5.41, 5.74) is 1.57. The van der Waals surface area contributed by atoms with Crippen LogP contribution < -0.4 is 4.90 Å². The summed E-state index contributed by atoms with van der Waals surface area (Å²) in [4.78, 5) is 27.2. The molecule has 0 unspecified atom stereocenters. The van der Waals surface area contributed by atoms with Gasteiger partial charge >= 0.3 is 0 Å². The van der Waals surface area contributed by atoms with Crippen LogP contribution >= 0.6 is 11.6 Å². The highest BCUT2D eigenvalue weighted by atomic mass is 35.5. The zero-order chi connectivity index (χ0) is 15.2. The van der Waals surface area contributed by atoms with Gasteiger partial charge in [-0.1, -0.05) is 29.8 Å². The van der Waals surface area contributed by atoms with E-state index in [1.165, 1.54) is 11.3 Å². The molecule has 22 heavy (non-hydrogen) atoms. The Morgan fingerprint density at radius 3 is 2.18 bits per heavy atom. The minimum atomic E-state index is -0.147. The number of carbonyl (C=O) groups excluding carboxylic acids is 2. The van der Waals surface area contributed by atoms with Crippen LogP contribution in [0.15, 0.2) is 30.4 Å². The van der Waals surface area contributed by atoms with E-state index in [0.29, 0.717) is 22.5 Å². The molecule has 0 N–H and O–H groups in total. The number of amides is 2. The van der Waals surface area contributed by atoms with Crippen molar-refractivity contribution in [1.29, 1.82) is 0 Å². The number of anilines is 1. The van der Waals surface area contributed by atoms with Gasteiger partial charge in [0, 0.05) is 5.02 Å². The van der Waals surface area contributed by atoms with Gasteiger partial charge in [-0.05, 0) is 54.7 Å². The van der Waals surface area contributed by atoms with E-state index >= 15 is 0 Å². The van der Waals surface area contributed by atoms with E-state index in [9.17, 15) is 9.59 Å². The highest BCUT2D eigenvalue weighted by molar-refractivity contribution is 6.32. The van der Waals surface area contributed by atoms with Crippen molar-refractivity contribution in [3.05, 3.63) is 40.9 Å². The monoisotopic (exact) mass is 313 g/mol. The van der Waals surface area contributed by atoms with Crippen molar-refractivity contribution in [2.45, 2.75) is 13.3 Å². The molecule has 6 atom stereocenters. The molecule has 3 nitrogen and oxygen atoms in total. The number of allylic oxidation sites excluding steroid dienone is 2. The van der Waals surface area contributed by atoms with Gasteiger partial charge in [0.1, 0.15) is 0 Å². The van der Waals surface area contributed by atoms with Crippen molar-refractivity contribution in [2.75, 3.05) is 4.90 Å². The largest absolute Gasteiger partial charge is 0.274 e. The summed E-state index contributed by atoms with van der Waals surface area (Å²) in [7, 11) is 0. The second-order valence-corrected chi connectivity index (χ2v) is 7.51. The molecule has 3 fully saturated rings. The second-order valence-electron chi connectivity index (χ2n) is 7.10. The lowest BCUT2D eigenvalue weighted by Crippen LogP contribution is -2.40. The second kappa shape index (κ2) is 4.02. The molecule has 1 aromatic rings. The SMILES string of the molecule is Cc1ccc(N2C(=O)[C@@H]3[C@@H]4C=C[C@H]([C@H]5C[C@@H]45)[C@@H]3C2=O)cc1Cl. The minimum Gasteiger partial charge on any atom is -0.274 e. The lowest BCUT2D eigenvalue weighted by molar-refractivity contribution is -0.124. The average Bonchev–Trinajstić information content (AvgIpc) is 3.28. The first-order valence-corrected chi connectivity index (χ1v) is 8.28. The summed E-state index contributed by atoms with van der Waals surface area (Å²) in [6.07, 6.45) is 5.57. The van der Waals surface area contributed by atoms with Crippen LogP contribution in [0.25, 0.3) is 0 Å². The van der Waals surface area contributed by atoms with Crippen LogP contribution in [0.3, 0.4) is 0 Å². The minimum absolute atomic E-state index is 0.0281. The first kappa shape index (κ1) is 12.9. The number of hydrogen-bond acceptors (Lipinski definition) is 2. The number of carbonyl (C=O) groups is 2. The molecule has 6 rings (SSSR count). The van der Waals surface area contributed by atoms with Crippen LogP contribution in [-0.4, -0.2) is 11.8 Å². The van der Waals surface area contributed by atoms with E-state index in [2.05, 4.69) is 12.2 Å². The number of nitrogens with zero attached hydrogens (tertiary/aromatic N) is 1. The lowest BCUT2D eigenvalue weighted by atomic mass is 9.63. The molecule has 1 heterocycles. The Bertz CT molecular complexity index is 719. The molecule has 0 aromatic heterocycles. The summed E-state index contributed by atoms with van der Waals surface area (Å²) in [6.45, 7) is 1.91. The molecule has 2 saturated carbocycles. The van der Waals surface area contributed by atoms with Gasteiger partial charge in [0.25, 0.3) is 0 Å². The predicted molar refractivity (Wildman–Crippen MR) is 83.4 cm³/mol. The number of rotatable bonds is 1. The van der Waals surface area contributed by atoms with E-state index in [1.807, 2.05) is 19.1 Å². The third-order valence-corrected chi connectivity index (χ3v) is 6.48. The molecule has 112 valence electrons. The zero-order valence-electron chi connectivity index (χ0n) is 12.2. The highest BCUT2D eigenvalue weighted by Gasteiger charge is 2.67. The standard InChI is InChI=1S/C18H16ClNO2/c1-8-2-3-9(6-14(8)19)20-17(21)15-10-4-5-11(13-7-12(10)13)16(15)18(20)22/h2-6,10-13,15-16H,7H2,1H3/t10-,11-,12-,13+,15+,16-/m1/s1. The Hall–Kier alpha value is -1.61. The molecule has 1 saturated heterocycles. The normalized spacial score (nSPS) is 40.9. The predicted octanol–water partition coefficient (Wildman–Crippen LogP) is 3.21. The molecule has 2 amide bonds. The Morgan fingerprint density at radius 2 is 1.64 bits per heavy atom. The van der Waals surface area contributed by atoms with Crippen molar-refractivity contribution in [1.82, 2.24) is 0 Å². The smallest absolute Gasteiger partial charge is 0.238 e. The first-order chi connectivity index (χ1) is 10.6. The maximum Gasteiger partial charge on any atom is 0.238 e. The van der Waals surface area contributed by atoms with E-state index in [4.69, 9.17) is 11.6 Å². The number of halogens is 1. The summed E-state index contributed by atoms with van der Waals surface area (Å²) < 4.78 is 0. The lowest BCUT2D eigenvalue weighted by Gasteiger charge is -2.37. The molecule has 1 aromatic carbocycles. The maximum absolute atomic E-state index is 12.9. The number of imide groups is 1. The summed E-state index contributed by atoms with van der Waals surface area (Å²) >= 11 is 6.18. The fraction of sp³-hybridized carbons (Fsp3) is 0.444. The van der Waals surface area contributed by atoms with Gasteiger partial charge in [-0.15, -0.1) is 0 Å². The molecule has 0 spiro atoms. The van der Waals surface area contributed by atoms with E-state index in [-0.39, 0.29) is 35.5 Å². The number of benzene rings is 1. The molecule has 0 radical (unpaired) electrons. The van der Waals surface area contributed by atoms with Gasteiger partial charge < -0.3 is 0 Å². The summed E-state index contributed by atoms with van der Waals surface area (Å²) in [5, 5.41) is 0.594. The topological polar surface area (TPSA) is 37.4 Å². The van der Waals surface area contributed by atoms with Gasteiger partial charge in [-0.25, -0.2) is 4.90 Å². The van der Waals surface area contributed by atoms with Crippen LogP contribution in [0.1, 0.15) is 12.0 Å². The van der Waals surface area contributed by atoms with Crippen molar-refractivity contribution < 1.29 is 9.59 Å². The molecule has 4 heteroatoms. The fourth-order valence-electron chi connectivity index (χ4n) is 4.93. The number of aryl methyl sites for hydroxylation is 1. The molecule has 5 aliphatic rings.